The lowest BCUT2D eigenvalue weighted by molar-refractivity contribution is -0.122. The average Bonchev–Trinajstić information content (AvgIpc) is 2.79. The zero-order chi connectivity index (χ0) is 12.3. The Kier molecular flexibility index (Phi) is 3.72. The summed E-state index contributed by atoms with van der Waals surface area (Å²) in [7, 11) is 0. The third kappa shape index (κ3) is 2.63. The number of nitrogens with one attached hydrogen (secondary N) is 1. The molecule has 1 aromatic rings. The second-order valence-electron chi connectivity index (χ2n) is 4.70. The van der Waals surface area contributed by atoms with Gasteiger partial charge in [0.25, 0.3) is 0 Å². The van der Waals surface area contributed by atoms with Crippen molar-refractivity contribution in [1.82, 2.24) is 5.32 Å². The molecular formula is C14H18ClNO. The highest BCUT2D eigenvalue weighted by molar-refractivity contribution is 6.30. The van der Waals surface area contributed by atoms with Crippen LogP contribution in [0.15, 0.2) is 24.3 Å². The summed E-state index contributed by atoms with van der Waals surface area (Å²) in [6.07, 6.45) is 4.88. The highest BCUT2D eigenvalue weighted by Crippen LogP contribution is 2.39. The van der Waals surface area contributed by atoms with Gasteiger partial charge in [-0.3, -0.25) is 4.79 Å². The number of carbonyl (C=O) groups excluding carboxylic acids is 1. The van der Waals surface area contributed by atoms with E-state index in [1.54, 1.807) is 0 Å². The van der Waals surface area contributed by atoms with Gasteiger partial charge in [-0.2, -0.15) is 0 Å². The molecular weight excluding hydrogens is 234 g/mol. The molecule has 1 N–H and O–H groups in total. The Labute approximate surface area is 107 Å². The number of hydrogen-bond acceptors (Lipinski definition) is 1. The molecule has 1 aliphatic rings. The number of benzene rings is 1. The van der Waals surface area contributed by atoms with Crippen molar-refractivity contribution in [3.05, 3.63) is 34.9 Å². The molecule has 1 amide bonds. The second kappa shape index (κ2) is 5.09. The van der Waals surface area contributed by atoms with Crippen LogP contribution in [0.25, 0.3) is 0 Å². The number of hydrogen-bond donors (Lipinski definition) is 1. The highest BCUT2D eigenvalue weighted by atomic mass is 35.5. The van der Waals surface area contributed by atoms with Crippen molar-refractivity contribution in [3.8, 4) is 0 Å². The van der Waals surface area contributed by atoms with Crippen LogP contribution in [-0.2, 0) is 10.3 Å². The quantitative estimate of drug-likeness (QED) is 0.873. The largest absolute Gasteiger partial charge is 0.347 e. The lowest BCUT2D eigenvalue weighted by atomic mass is 9.88. The Morgan fingerprint density at radius 1 is 1.41 bits per heavy atom. The maximum absolute atomic E-state index is 11.7. The van der Waals surface area contributed by atoms with Gasteiger partial charge in [-0.05, 0) is 30.5 Å². The van der Waals surface area contributed by atoms with Crippen molar-refractivity contribution < 1.29 is 4.79 Å². The van der Waals surface area contributed by atoms with Crippen LogP contribution >= 0.6 is 11.6 Å². The molecule has 1 saturated carbocycles. The Hall–Kier alpha value is -1.02. The van der Waals surface area contributed by atoms with Gasteiger partial charge in [0.1, 0.15) is 0 Å². The SMILES string of the molecule is CCC(=O)NC1(c2cccc(Cl)c2)CCCC1. The van der Waals surface area contributed by atoms with E-state index in [-0.39, 0.29) is 11.4 Å². The molecule has 0 spiro atoms. The summed E-state index contributed by atoms with van der Waals surface area (Å²) in [5.74, 6) is 0.117. The molecule has 0 atom stereocenters. The zero-order valence-electron chi connectivity index (χ0n) is 10.1. The molecule has 3 heteroatoms. The van der Waals surface area contributed by atoms with Crippen LogP contribution in [0.3, 0.4) is 0 Å². The number of amides is 1. The smallest absolute Gasteiger partial charge is 0.220 e. The molecule has 1 fully saturated rings. The fraction of sp³-hybridized carbons (Fsp3) is 0.500. The molecule has 1 aliphatic carbocycles. The van der Waals surface area contributed by atoms with Crippen LogP contribution in [0, 0.1) is 0 Å². The summed E-state index contributed by atoms with van der Waals surface area (Å²) in [6, 6.07) is 7.86. The van der Waals surface area contributed by atoms with Gasteiger partial charge in [-0.15, -0.1) is 0 Å². The first-order valence-corrected chi connectivity index (χ1v) is 6.61. The van der Waals surface area contributed by atoms with Crippen LogP contribution < -0.4 is 5.32 Å². The van der Waals surface area contributed by atoms with Crippen molar-refractivity contribution in [2.24, 2.45) is 0 Å². The molecule has 0 radical (unpaired) electrons. The van der Waals surface area contributed by atoms with Gasteiger partial charge in [0.2, 0.25) is 5.91 Å². The molecule has 2 nitrogen and oxygen atoms in total. The summed E-state index contributed by atoms with van der Waals surface area (Å²) < 4.78 is 0. The van der Waals surface area contributed by atoms with Gasteiger partial charge >= 0.3 is 0 Å². The molecule has 92 valence electrons. The van der Waals surface area contributed by atoms with E-state index in [4.69, 9.17) is 11.6 Å². The lowest BCUT2D eigenvalue weighted by Crippen LogP contribution is -2.43. The normalized spacial score (nSPS) is 18.0. The zero-order valence-corrected chi connectivity index (χ0v) is 10.9. The molecule has 0 aromatic heterocycles. The third-order valence-corrected chi connectivity index (χ3v) is 3.77. The molecule has 2 rings (SSSR count). The Morgan fingerprint density at radius 2 is 2.12 bits per heavy atom. The predicted octanol–water partition coefficient (Wildman–Crippen LogP) is 3.64. The van der Waals surface area contributed by atoms with Gasteiger partial charge in [0.15, 0.2) is 0 Å². The van der Waals surface area contributed by atoms with E-state index in [0.717, 1.165) is 36.3 Å². The number of rotatable bonds is 3. The standard InChI is InChI=1S/C14H18ClNO/c1-2-13(17)16-14(8-3-4-9-14)11-6-5-7-12(15)10-11/h5-7,10H,2-4,8-9H2,1H3,(H,16,17). The maximum atomic E-state index is 11.7. The molecule has 17 heavy (non-hydrogen) atoms. The highest BCUT2D eigenvalue weighted by Gasteiger charge is 2.36. The van der Waals surface area contributed by atoms with Crippen LogP contribution in [0.1, 0.15) is 44.6 Å². The van der Waals surface area contributed by atoms with Gasteiger partial charge in [-0.1, -0.05) is 43.5 Å². The first-order valence-electron chi connectivity index (χ1n) is 6.23. The summed E-state index contributed by atoms with van der Waals surface area (Å²) in [4.78, 5) is 11.7. The topological polar surface area (TPSA) is 29.1 Å². The van der Waals surface area contributed by atoms with Crippen LogP contribution in [0.5, 0.6) is 0 Å². The van der Waals surface area contributed by atoms with Gasteiger partial charge < -0.3 is 5.32 Å². The van der Waals surface area contributed by atoms with E-state index in [1.165, 1.54) is 0 Å². The molecule has 0 heterocycles. The lowest BCUT2D eigenvalue weighted by Gasteiger charge is -2.31. The first kappa shape index (κ1) is 12.4. The Balaban J connectivity index is 2.30. The van der Waals surface area contributed by atoms with Gasteiger partial charge in [0.05, 0.1) is 5.54 Å². The molecule has 1 aromatic carbocycles. The van der Waals surface area contributed by atoms with E-state index in [1.807, 2.05) is 25.1 Å². The summed E-state index contributed by atoms with van der Waals surface area (Å²) >= 11 is 6.04. The van der Waals surface area contributed by atoms with E-state index < -0.39 is 0 Å². The second-order valence-corrected chi connectivity index (χ2v) is 5.14. The minimum absolute atomic E-state index is 0.117. The Morgan fingerprint density at radius 3 is 2.71 bits per heavy atom. The number of carbonyl (C=O) groups is 1. The van der Waals surface area contributed by atoms with Crippen molar-refractivity contribution in [2.45, 2.75) is 44.6 Å². The van der Waals surface area contributed by atoms with Gasteiger partial charge in [-0.25, -0.2) is 0 Å². The average molecular weight is 252 g/mol. The van der Waals surface area contributed by atoms with Crippen LogP contribution in [0.2, 0.25) is 5.02 Å². The maximum Gasteiger partial charge on any atom is 0.220 e. The fourth-order valence-electron chi connectivity index (χ4n) is 2.61. The van der Waals surface area contributed by atoms with Crippen molar-refractivity contribution in [3.63, 3.8) is 0 Å². The van der Waals surface area contributed by atoms with Crippen molar-refractivity contribution in [2.75, 3.05) is 0 Å². The predicted molar refractivity (Wildman–Crippen MR) is 70.0 cm³/mol. The fourth-order valence-corrected chi connectivity index (χ4v) is 2.80. The Bertz CT molecular complexity index is 410. The number of halogens is 1. The van der Waals surface area contributed by atoms with E-state index >= 15 is 0 Å². The minimum Gasteiger partial charge on any atom is -0.347 e. The third-order valence-electron chi connectivity index (χ3n) is 3.53. The van der Waals surface area contributed by atoms with Crippen molar-refractivity contribution in [1.29, 1.82) is 0 Å². The van der Waals surface area contributed by atoms with Gasteiger partial charge in [0, 0.05) is 11.4 Å². The van der Waals surface area contributed by atoms with E-state index in [0.29, 0.717) is 6.42 Å². The molecule has 0 bridgehead atoms. The molecule has 0 saturated heterocycles. The monoisotopic (exact) mass is 251 g/mol. The van der Waals surface area contributed by atoms with Crippen LogP contribution in [0.4, 0.5) is 0 Å². The van der Waals surface area contributed by atoms with E-state index in [2.05, 4.69) is 11.4 Å². The summed E-state index contributed by atoms with van der Waals surface area (Å²) in [5.41, 5.74) is 0.960. The molecule has 0 unspecified atom stereocenters. The first-order chi connectivity index (χ1) is 8.16. The summed E-state index contributed by atoms with van der Waals surface area (Å²) in [6.45, 7) is 1.88. The van der Waals surface area contributed by atoms with E-state index in [9.17, 15) is 4.79 Å². The molecule has 0 aliphatic heterocycles. The minimum atomic E-state index is -0.183. The summed E-state index contributed by atoms with van der Waals surface area (Å²) in [5, 5.41) is 3.92. The van der Waals surface area contributed by atoms with Crippen molar-refractivity contribution >= 4 is 17.5 Å². The van der Waals surface area contributed by atoms with Crippen LogP contribution in [-0.4, -0.2) is 5.91 Å².